The van der Waals surface area contributed by atoms with E-state index in [0.717, 1.165) is 60.3 Å². The highest BCUT2D eigenvalue weighted by Gasteiger charge is 2.34. The number of imidazole rings is 4. The molecular weight excluding hydrogens is 1940 g/mol. The number of hydrogen-bond donors (Lipinski definition) is 8. The second-order valence-electron chi connectivity index (χ2n) is 34.4. The Morgan fingerprint density at radius 1 is 0.364 bits per heavy atom. The molecule has 129 heavy (non-hydrogen) atoms. The number of hydrogen-bond acceptors (Lipinski definition) is 25. The summed E-state index contributed by atoms with van der Waals surface area (Å²) < 4.78 is 23.7. The minimum Gasteiger partial charge on any atom is -0.496 e. The molecule has 0 fully saturated rings. The second kappa shape index (κ2) is 42.9. The Morgan fingerprint density at radius 3 is 0.860 bits per heavy atom. The summed E-state index contributed by atoms with van der Waals surface area (Å²) in [7, 11) is 1.57. The predicted octanol–water partition coefficient (Wildman–Crippen LogP) is 10.6. The van der Waals surface area contributed by atoms with E-state index in [1.165, 1.54) is 24.5 Å². The number of halogens is 7. The van der Waals surface area contributed by atoms with Crippen LogP contribution in [0.25, 0.3) is 44.7 Å². The fourth-order valence-electron chi connectivity index (χ4n) is 16.8. The Balaban J connectivity index is 0.000000194. The number of nitrogens with zero attached hydrogens (tertiary/aromatic N) is 24. The van der Waals surface area contributed by atoms with Gasteiger partial charge < -0.3 is 27.7 Å². The molecule has 0 aliphatic rings. The highest BCUT2D eigenvalue weighted by atomic mass is 127. The summed E-state index contributed by atoms with van der Waals surface area (Å²) in [5, 5.41) is 43.1. The number of nitrogen functional groups attached to an aromatic ring is 4. The van der Waals surface area contributed by atoms with Gasteiger partial charge in [-0.2, -0.15) is 39.9 Å². The van der Waals surface area contributed by atoms with Crippen molar-refractivity contribution in [2.75, 3.05) is 56.2 Å². The zero-order chi connectivity index (χ0) is 96.3. The Morgan fingerprint density at radius 2 is 0.597 bits per heavy atom. The lowest BCUT2D eigenvalue weighted by Crippen LogP contribution is -2.41. The molecule has 0 unspecified atom stereocenters. The van der Waals surface area contributed by atoms with Gasteiger partial charge in [0.2, 0.25) is 48.6 Å². The van der Waals surface area contributed by atoms with Crippen molar-refractivity contribution in [3.05, 3.63) is 168 Å². The van der Waals surface area contributed by atoms with Crippen LogP contribution >= 0.6 is 96.5 Å². The van der Waals surface area contributed by atoms with E-state index >= 15 is 0 Å². The number of pyridine rings is 4. The van der Waals surface area contributed by atoms with Gasteiger partial charge in [-0.1, -0.05) is 58.0 Å². The van der Waals surface area contributed by atoms with Gasteiger partial charge in [0.15, 0.2) is 43.2 Å². The van der Waals surface area contributed by atoms with E-state index in [0.29, 0.717) is 190 Å². The van der Waals surface area contributed by atoms with E-state index in [2.05, 4.69) is 209 Å². The van der Waals surface area contributed by atoms with Crippen LogP contribution in [0.2, 0.25) is 25.6 Å². The first-order valence-electron chi connectivity index (χ1n) is 42.5. The van der Waals surface area contributed by atoms with Crippen LogP contribution in [0, 0.1) is 59.0 Å². The molecule has 0 aliphatic carbocycles. The van der Waals surface area contributed by atoms with Crippen LogP contribution < -0.4 is 69.4 Å². The third-order valence-electron chi connectivity index (χ3n) is 23.2. The summed E-state index contributed by atoms with van der Waals surface area (Å²) in [6.07, 6.45) is 6.28. The summed E-state index contributed by atoms with van der Waals surface area (Å²) in [6, 6.07) is 2.54. The van der Waals surface area contributed by atoms with Gasteiger partial charge in [0.25, 0.3) is 22.8 Å². The topological polar surface area (TPSA) is 434 Å². The molecule has 12 heterocycles. The van der Waals surface area contributed by atoms with E-state index in [4.69, 9.17) is 85.7 Å². The number of aryl methyl sites for hydroxylation is 4. The van der Waals surface area contributed by atoms with Crippen LogP contribution in [-0.4, -0.2) is 198 Å². The van der Waals surface area contributed by atoms with Gasteiger partial charge in [0.05, 0.1) is 23.3 Å². The number of fused-ring (bicyclic) bond motifs is 4. The first-order chi connectivity index (χ1) is 60.3. The van der Waals surface area contributed by atoms with Gasteiger partial charge in [0, 0.05) is 161 Å². The van der Waals surface area contributed by atoms with E-state index in [1.54, 1.807) is 57.8 Å². The molecule has 0 aliphatic heterocycles. The summed E-state index contributed by atoms with van der Waals surface area (Å²) >= 11 is 37.9. The van der Waals surface area contributed by atoms with Crippen LogP contribution in [0.4, 0.5) is 23.8 Å². The number of ether oxygens (including phenoxy) is 1. The summed E-state index contributed by atoms with van der Waals surface area (Å²) in [5.41, 5.74) is 33.7. The minimum absolute atomic E-state index is 0.00790. The van der Waals surface area contributed by atoms with Gasteiger partial charge in [-0.05, 0) is 205 Å². The largest absolute Gasteiger partial charge is 0.496 e. The van der Waals surface area contributed by atoms with Crippen molar-refractivity contribution in [1.82, 2.24) is 96.0 Å². The maximum absolute atomic E-state index is 13.6. The Labute approximate surface area is 796 Å². The van der Waals surface area contributed by atoms with Gasteiger partial charge in [-0.3, -0.25) is 77.0 Å². The zero-order valence-electron chi connectivity index (χ0n) is 77.9. The lowest BCUT2D eigenvalue weighted by Gasteiger charge is -2.30. The molecular formula is C85H123BrCl5IN28O9+4. The molecule has 44 heteroatoms. The Bertz CT molecular complexity index is 5930. The molecule has 0 atom stereocenters. The average molecular weight is 2070 g/mol. The Kier molecular flexibility index (Phi) is 34.4. The van der Waals surface area contributed by atoms with Gasteiger partial charge in [0.1, 0.15) is 54.0 Å². The fourth-order valence-corrected chi connectivity index (χ4v) is 18.8. The van der Waals surface area contributed by atoms with Crippen molar-refractivity contribution in [3.8, 4) is 5.75 Å². The van der Waals surface area contributed by atoms with Crippen molar-refractivity contribution in [2.45, 2.75) is 267 Å². The molecule has 0 aromatic carbocycles. The quantitative estimate of drug-likeness (QED) is 0.00934. The number of nitrogens with two attached hydrogens (primary N) is 4. The predicted molar refractivity (Wildman–Crippen MR) is 514 cm³/mol. The van der Waals surface area contributed by atoms with Gasteiger partial charge in [-0.25, -0.2) is 19.2 Å². The van der Waals surface area contributed by atoms with E-state index < -0.39 is 0 Å². The highest BCUT2D eigenvalue weighted by molar-refractivity contribution is 14.1. The van der Waals surface area contributed by atoms with E-state index in [-0.39, 0.29) is 93.3 Å². The van der Waals surface area contributed by atoms with Crippen molar-refractivity contribution >= 4 is 165 Å². The van der Waals surface area contributed by atoms with Crippen molar-refractivity contribution in [1.29, 1.82) is 0 Å². The maximum atomic E-state index is 13.6. The normalized spacial score (nSPS) is 12.1. The van der Waals surface area contributed by atoms with Crippen LogP contribution in [0.1, 0.15) is 178 Å². The molecule has 0 saturated heterocycles. The molecule has 0 radical (unpaired) electrons. The third kappa shape index (κ3) is 22.4. The number of anilines is 4. The fraction of sp³-hybridized carbons (Fsp3) is 0.529. The lowest BCUT2D eigenvalue weighted by atomic mass is 10.1. The van der Waals surface area contributed by atoms with Crippen LogP contribution in [0.15, 0.2) is 48.4 Å². The monoisotopic (exact) mass is 2060 g/mol. The first kappa shape index (κ1) is 103. The first-order valence-corrected chi connectivity index (χ1v) is 46.2. The van der Waals surface area contributed by atoms with Crippen molar-refractivity contribution in [2.24, 2.45) is 0 Å². The highest BCUT2D eigenvalue weighted by Crippen LogP contribution is 2.31. The molecule has 0 bridgehead atoms. The lowest BCUT2D eigenvalue weighted by molar-refractivity contribution is -0.910. The molecule has 0 spiro atoms. The maximum Gasteiger partial charge on any atom is 0.330 e. The van der Waals surface area contributed by atoms with E-state index in [1.807, 2.05) is 41.5 Å². The molecule has 12 aromatic heterocycles. The number of rotatable bonds is 29. The standard InChI is InChI=1S/C22H33ClN7O3.C21H30BrClN7O2.C21H30Cl2N7O2.C21H30ClIN7O2/c1-12(2)27(13(3)4)8-9-28-17-19(23)25-21(24)26-20(17)29(22(28)31)11-16-15(6)18(33-7)14(5)10-30(16)32;2*1-11(2)27(12(3)4)7-8-28-17-18(23)25-20(24)26-19(17)29(21(28)31)10-15-14(6)16(22)13(5)9-30(15)32;1-11(2)27(12(3)4)7-8-28-17-18(22)25-20(24)26-19(17)29(21(28)31)10-15-14(6)16(23)13(5)9-30(15)32/h10,12-13,32H,8-9,11H2,1-7H3,(H2,24,25,26);3*9,11-12,32H,7-8,10H2,1-6H3,(H2,24,25,26)/q4*+1. The van der Waals surface area contributed by atoms with Crippen LogP contribution in [-0.2, 0) is 52.4 Å². The summed E-state index contributed by atoms with van der Waals surface area (Å²) in [6.45, 7) is 53.4. The third-order valence-corrected chi connectivity index (χ3v) is 27.7. The molecule has 37 nitrogen and oxygen atoms in total. The second-order valence-corrected chi connectivity index (χ2v) is 38.0. The van der Waals surface area contributed by atoms with Crippen molar-refractivity contribution in [3.63, 3.8) is 0 Å². The smallest absolute Gasteiger partial charge is 0.330 e. The van der Waals surface area contributed by atoms with E-state index in [9.17, 15) is 40.0 Å². The molecule has 12 rings (SSSR count). The summed E-state index contributed by atoms with van der Waals surface area (Å²) in [5.74, 6) is 0.558. The van der Waals surface area contributed by atoms with Gasteiger partial charge in [-0.15, -0.1) is 0 Å². The minimum atomic E-state index is -0.314. The Hall–Kier alpha value is -9.30. The zero-order valence-corrected chi connectivity index (χ0v) is 85.5. The average Bonchev–Trinajstić information content (AvgIpc) is 1.62. The molecule has 0 amide bonds. The van der Waals surface area contributed by atoms with Crippen molar-refractivity contribution < 1.29 is 44.5 Å². The number of aromatic nitrogens is 20. The van der Waals surface area contributed by atoms with Crippen LogP contribution in [0.3, 0.4) is 0 Å². The molecule has 702 valence electrons. The SMILES string of the molecule is COc1c(C)c[n+](O)c(Cn2c(=O)n(CCN(C(C)C)C(C)C)c3c(Cl)nc(N)nc32)c1C.Cc1c[n+](O)c(Cn2c(=O)n(CCN(C(C)C)C(C)C)c3c(Cl)nc(N)nc32)c(C)c1Br.Cc1c[n+](O)c(Cn2c(=O)n(CCN(C(C)C)C(C)C)c3c(Cl)nc(N)nc32)c(C)c1Cl.Cc1c[n+](O)c(Cn2c(=O)n(CCN(C(C)C)C(C)C)c3c(Cl)nc(N)nc32)c(C)c1I. The van der Waals surface area contributed by atoms with Gasteiger partial charge >= 0.3 is 22.8 Å². The molecule has 12 aromatic rings. The van der Waals surface area contributed by atoms with Crippen LogP contribution in [0.5, 0.6) is 5.75 Å². The number of methoxy groups -OCH3 is 1. The summed E-state index contributed by atoms with van der Waals surface area (Å²) in [4.78, 5) is 96.8. The molecule has 0 saturated carbocycles. The molecule has 12 N–H and O–H groups in total.